The number of ether oxygens (including phenoxy) is 1. The third-order valence-corrected chi connectivity index (χ3v) is 1.98. The van der Waals surface area contributed by atoms with Crippen molar-refractivity contribution in [3.63, 3.8) is 0 Å². The van der Waals surface area contributed by atoms with E-state index in [9.17, 15) is 5.11 Å². The zero-order chi connectivity index (χ0) is 8.13. The summed E-state index contributed by atoms with van der Waals surface area (Å²) in [4.78, 5) is 4.17. The summed E-state index contributed by atoms with van der Waals surface area (Å²) in [6.45, 7) is 0. The number of nitrogens with zero attached hydrogens (tertiary/aromatic N) is 1. The highest BCUT2D eigenvalue weighted by atomic mass is 16.6. The number of fused-ring (bicyclic) bond motifs is 1. The van der Waals surface area contributed by atoms with Gasteiger partial charge in [-0.3, -0.25) is 0 Å². The Bertz CT molecular complexity index is 514. The van der Waals surface area contributed by atoms with E-state index in [1.54, 1.807) is 12.1 Å². The van der Waals surface area contributed by atoms with Gasteiger partial charge in [0.2, 0.25) is 0 Å². The molecule has 2 heterocycles. The van der Waals surface area contributed by atoms with Crippen LogP contribution in [0.1, 0.15) is 0 Å². The number of aliphatic hydroxyl groups excluding tert-OH is 1. The van der Waals surface area contributed by atoms with Crippen LogP contribution in [0.15, 0.2) is 34.8 Å². The van der Waals surface area contributed by atoms with Crippen LogP contribution in [0.3, 0.4) is 0 Å². The zero-order valence-corrected chi connectivity index (χ0v) is 6.11. The maximum absolute atomic E-state index is 9.28. The average Bonchev–Trinajstić information content (AvgIpc) is 2.46. The highest BCUT2D eigenvalue weighted by molar-refractivity contribution is 5.53. The summed E-state index contributed by atoms with van der Waals surface area (Å²) in [6.07, 6.45) is 1.81. The first kappa shape index (κ1) is 5.83. The van der Waals surface area contributed by atoms with Gasteiger partial charge in [0.05, 0.1) is 0 Å². The van der Waals surface area contributed by atoms with Crippen LogP contribution in [-0.2, 0) is 0 Å². The molecule has 0 aromatic heterocycles. The van der Waals surface area contributed by atoms with E-state index in [-0.39, 0.29) is 5.95 Å². The average molecular weight is 159 g/mol. The molecule has 0 radical (unpaired) electrons. The molecule has 3 nitrogen and oxygen atoms in total. The molecule has 3 rings (SSSR count). The Morgan fingerprint density at radius 1 is 1.33 bits per heavy atom. The van der Waals surface area contributed by atoms with Crippen LogP contribution >= 0.6 is 0 Å². The Labute approximate surface area is 67.9 Å². The summed E-state index contributed by atoms with van der Waals surface area (Å²) >= 11 is 0. The van der Waals surface area contributed by atoms with Crippen molar-refractivity contribution in [2.24, 2.45) is 4.99 Å². The smallest absolute Gasteiger partial charge is 0.309 e. The SMILES string of the molecule is OC1=C2C=c3cccc(c3=N2)O1. The minimum atomic E-state index is -0.108. The highest BCUT2D eigenvalue weighted by Crippen LogP contribution is 2.17. The molecule has 0 unspecified atom stereocenters. The number of rotatable bonds is 0. The third-order valence-electron chi connectivity index (χ3n) is 1.98. The quantitative estimate of drug-likeness (QED) is 0.588. The summed E-state index contributed by atoms with van der Waals surface area (Å²) in [6, 6.07) is 5.60. The molecule has 0 saturated carbocycles. The first-order valence-corrected chi connectivity index (χ1v) is 3.65. The van der Waals surface area contributed by atoms with Crippen molar-refractivity contribution < 1.29 is 9.84 Å². The fourth-order valence-electron chi connectivity index (χ4n) is 1.42. The van der Waals surface area contributed by atoms with Gasteiger partial charge in [0.15, 0.2) is 5.75 Å². The molecule has 3 heteroatoms. The molecule has 0 amide bonds. The van der Waals surface area contributed by atoms with Crippen molar-refractivity contribution in [1.82, 2.24) is 0 Å². The largest absolute Gasteiger partial charge is 0.479 e. The molecule has 12 heavy (non-hydrogen) atoms. The normalized spacial score (nSPS) is 16.7. The predicted molar refractivity (Wildman–Crippen MR) is 42.0 cm³/mol. The van der Waals surface area contributed by atoms with Gasteiger partial charge in [-0.05, 0) is 12.1 Å². The molecule has 0 fully saturated rings. The molecule has 1 N–H and O–H groups in total. The minimum absolute atomic E-state index is 0.108. The lowest BCUT2D eigenvalue weighted by Crippen LogP contribution is -2.23. The van der Waals surface area contributed by atoms with Gasteiger partial charge >= 0.3 is 5.95 Å². The van der Waals surface area contributed by atoms with E-state index in [0.29, 0.717) is 11.4 Å². The van der Waals surface area contributed by atoms with Crippen LogP contribution in [0, 0.1) is 0 Å². The Hall–Kier alpha value is -1.77. The van der Waals surface area contributed by atoms with Gasteiger partial charge < -0.3 is 9.84 Å². The zero-order valence-electron chi connectivity index (χ0n) is 6.11. The van der Waals surface area contributed by atoms with Gasteiger partial charge in [-0.1, -0.05) is 12.1 Å². The number of aliphatic hydroxyl groups is 1. The Balaban J connectivity index is 2.59. The fourth-order valence-corrected chi connectivity index (χ4v) is 1.42. The van der Waals surface area contributed by atoms with Crippen LogP contribution < -0.4 is 15.3 Å². The Kier molecular flexibility index (Phi) is 0.821. The van der Waals surface area contributed by atoms with Crippen molar-refractivity contribution in [3.8, 4) is 5.75 Å². The maximum atomic E-state index is 9.28. The van der Waals surface area contributed by atoms with Crippen molar-refractivity contribution >= 4 is 6.08 Å². The summed E-state index contributed by atoms with van der Waals surface area (Å²) in [5, 5.41) is 11.1. The van der Waals surface area contributed by atoms with Crippen molar-refractivity contribution in [2.45, 2.75) is 0 Å². The predicted octanol–water partition coefficient (Wildman–Crippen LogP) is 0.220. The summed E-state index contributed by atoms with van der Waals surface area (Å²) in [5.74, 6) is 0.520. The monoisotopic (exact) mass is 159 g/mol. The standard InChI is InChI=1S/C9H5NO2/c11-9-6-4-5-2-1-3-7(12-9)8(5)10-6/h1-4,11H. The van der Waals surface area contributed by atoms with Crippen LogP contribution in [0.2, 0.25) is 0 Å². The van der Waals surface area contributed by atoms with Crippen LogP contribution in [0.25, 0.3) is 6.08 Å². The number of allylic oxidation sites excluding steroid dienone is 1. The Morgan fingerprint density at radius 2 is 2.25 bits per heavy atom. The molecular formula is C9H5NO2. The maximum Gasteiger partial charge on any atom is 0.309 e. The number of hydrogen-bond donors (Lipinski definition) is 1. The third kappa shape index (κ3) is 0.540. The van der Waals surface area contributed by atoms with E-state index < -0.39 is 0 Å². The first-order chi connectivity index (χ1) is 5.84. The van der Waals surface area contributed by atoms with Crippen molar-refractivity contribution in [3.05, 3.63) is 40.4 Å². The lowest BCUT2D eigenvalue weighted by atomic mass is 10.3. The summed E-state index contributed by atoms with van der Waals surface area (Å²) in [5.41, 5.74) is 0.517. The molecule has 1 aromatic rings. The topological polar surface area (TPSA) is 41.8 Å². The summed E-state index contributed by atoms with van der Waals surface area (Å²) < 4.78 is 5.11. The number of para-hydroxylation sites is 1. The van der Waals surface area contributed by atoms with Gasteiger partial charge in [-0.15, -0.1) is 0 Å². The van der Waals surface area contributed by atoms with Crippen LogP contribution in [0.4, 0.5) is 0 Å². The fraction of sp³-hybridized carbons (Fsp3) is 0. The van der Waals surface area contributed by atoms with Gasteiger partial charge in [0.1, 0.15) is 11.1 Å². The second-order valence-electron chi connectivity index (χ2n) is 2.74. The molecule has 1 aromatic carbocycles. The molecule has 0 atom stereocenters. The molecule has 2 aliphatic heterocycles. The van der Waals surface area contributed by atoms with E-state index in [2.05, 4.69) is 4.99 Å². The minimum Gasteiger partial charge on any atom is -0.479 e. The van der Waals surface area contributed by atoms with Gasteiger partial charge in [0.25, 0.3) is 0 Å². The van der Waals surface area contributed by atoms with E-state index >= 15 is 0 Å². The lowest BCUT2D eigenvalue weighted by molar-refractivity contribution is 0.199. The van der Waals surface area contributed by atoms with Gasteiger partial charge in [-0.25, -0.2) is 4.99 Å². The number of benzene rings is 1. The van der Waals surface area contributed by atoms with E-state index in [1.165, 1.54) is 0 Å². The molecular weight excluding hydrogens is 154 g/mol. The van der Waals surface area contributed by atoms with E-state index in [0.717, 1.165) is 10.6 Å². The highest BCUT2D eigenvalue weighted by Gasteiger charge is 2.17. The molecule has 2 aliphatic rings. The van der Waals surface area contributed by atoms with E-state index in [1.807, 2.05) is 12.1 Å². The Morgan fingerprint density at radius 3 is 3.17 bits per heavy atom. The lowest BCUT2D eigenvalue weighted by Gasteiger charge is -2.06. The molecule has 0 aliphatic carbocycles. The van der Waals surface area contributed by atoms with Crippen LogP contribution in [-0.4, -0.2) is 5.11 Å². The van der Waals surface area contributed by atoms with Crippen LogP contribution in [0.5, 0.6) is 5.75 Å². The van der Waals surface area contributed by atoms with Gasteiger partial charge in [-0.2, -0.15) is 0 Å². The van der Waals surface area contributed by atoms with Crippen molar-refractivity contribution in [2.75, 3.05) is 0 Å². The molecule has 0 spiro atoms. The van der Waals surface area contributed by atoms with E-state index in [4.69, 9.17) is 4.74 Å². The van der Waals surface area contributed by atoms with Gasteiger partial charge in [0, 0.05) is 5.22 Å². The summed E-state index contributed by atoms with van der Waals surface area (Å²) in [7, 11) is 0. The molecule has 2 bridgehead atoms. The molecule has 58 valence electrons. The second-order valence-corrected chi connectivity index (χ2v) is 2.74. The number of hydrogen-bond acceptors (Lipinski definition) is 3. The molecule has 0 saturated heterocycles. The first-order valence-electron chi connectivity index (χ1n) is 3.65. The van der Waals surface area contributed by atoms with Crippen molar-refractivity contribution in [1.29, 1.82) is 0 Å². The second kappa shape index (κ2) is 1.69.